The molecule has 120 valence electrons. The highest BCUT2D eigenvalue weighted by molar-refractivity contribution is 7.90. The predicted molar refractivity (Wildman–Crippen MR) is 90.8 cm³/mol. The molecule has 0 bridgehead atoms. The van der Waals surface area contributed by atoms with E-state index in [1.165, 1.54) is 19.1 Å². The zero-order valence-electron chi connectivity index (χ0n) is 12.2. The molecule has 7 heteroatoms. The van der Waals surface area contributed by atoms with Crippen LogP contribution in [0.4, 0.5) is 5.69 Å². The van der Waals surface area contributed by atoms with Crippen LogP contribution in [0.25, 0.3) is 6.08 Å². The molecule has 0 fully saturated rings. The SMILES string of the molecule is CC(=O)Nc1ccccc1OS(=O)(=O)/C=C/c1ccc(Cl)cc1. The number of carbonyl (C=O) groups is 1. The molecule has 0 saturated carbocycles. The highest BCUT2D eigenvalue weighted by Crippen LogP contribution is 2.25. The van der Waals surface area contributed by atoms with Gasteiger partial charge >= 0.3 is 10.1 Å². The number of halogens is 1. The maximum atomic E-state index is 12.0. The lowest BCUT2D eigenvalue weighted by Gasteiger charge is -2.09. The lowest BCUT2D eigenvalue weighted by Crippen LogP contribution is -2.10. The summed E-state index contributed by atoms with van der Waals surface area (Å²) >= 11 is 5.77. The minimum atomic E-state index is -3.97. The number of carbonyl (C=O) groups excluding carboxylic acids is 1. The van der Waals surface area contributed by atoms with Gasteiger partial charge in [-0.1, -0.05) is 35.9 Å². The smallest absolute Gasteiger partial charge is 0.332 e. The third-order valence-electron chi connectivity index (χ3n) is 2.70. The summed E-state index contributed by atoms with van der Waals surface area (Å²) in [6, 6.07) is 12.9. The summed E-state index contributed by atoms with van der Waals surface area (Å²) in [7, 11) is -3.97. The molecule has 2 rings (SSSR count). The minimum absolute atomic E-state index is 0.0449. The van der Waals surface area contributed by atoms with Crippen LogP contribution >= 0.6 is 11.6 Å². The number of rotatable bonds is 5. The van der Waals surface area contributed by atoms with Gasteiger partial charge in [0.2, 0.25) is 5.91 Å². The fourth-order valence-corrected chi connectivity index (χ4v) is 2.62. The van der Waals surface area contributed by atoms with Gasteiger partial charge in [-0.2, -0.15) is 8.42 Å². The molecular weight excluding hydrogens is 338 g/mol. The Bertz CT molecular complexity index is 829. The molecule has 0 spiro atoms. The fraction of sp³-hybridized carbons (Fsp3) is 0.0625. The van der Waals surface area contributed by atoms with Crippen LogP contribution in [0.2, 0.25) is 5.02 Å². The Morgan fingerprint density at radius 3 is 2.43 bits per heavy atom. The average molecular weight is 352 g/mol. The summed E-state index contributed by atoms with van der Waals surface area (Å²) in [6.45, 7) is 1.33. The van der Waals surface area contributed by atoms with Gasteiger partial charge in [0.05, 0.1) is 11.1 Å². The van der Waals surface area contributed by atoms with Crippen LogP contribution in [0, 0.1) is 0 Å². The number of hydrogen-bond donors (Lipinski definition) is 1. The van der Waals surface area contributed by atoms with E-state index in [4.69, 9.17) is 15.8 Å². The van der Waals surface area contributed by atoms with Gasteiger partial charge < -0.3 is 9.50 Å². The largest absolute Gasteiger partial charge is 0.377 e. The molecule has 0 atom stereocenters. The van der Waals surface area contributed by atoms with E-state index in [0.29, 0.717) is 10.6 Å². The van der Waals surface area contributed by atoms with Gasteiger partial charge in [-0.15, -0.1) is 0 Å². The number of amides is 1. The number of hydrogen-bond acceptors (Lipinski definition) is 4. The van der Waals surface area contributed by atoms with Crippen molar-refractivity contribution in [3.05, 3.63) is 64.5 Å². The van der Waals surface area contributed by atoms with Crippen molar-refractivity contribution in [2.75, 3.05) is 5.32 Å². The van der Waals surface area contributed by atoms with Crippen LogP contribution in [0.5, 0.6) is 5.75 Å². The first-order valence-electron chi connectivity index (χ1n) is 6.60. The first-order chi connectivity index (χ1) is 10.9. The lowest BCUT2D eigenvalue weighted by atomic mass is 10.2. The van der Waals surface area contributed by atoms with Crippen LogP contribution in [0.15, 0.2) is 53.9 Å². The highest BCUT2D eigenvalue weighted by Gasteiger charge is 2.12. The Morgan fingerprint density at radius 1 is 1.13 bits per heavy atom. The van der Waals surface area contributed by atoms with Crippen molar-refractivity contribution >= 4 is 39.4 Å². The first-order valence-corrected chi connectivity index (χ1v) is 8.45. The molecule has 23 heavy (non-hydrogen) atoms. The van der Waals surface area contributed by atoms with Crippen LogP contribution in [-0.4, -0.2) is 14.3 Å². The lowest BCUT2D eigenvalue weighted by molar-refractivity contribution is -0.114. The summed E-state index contributed by atoms with van der Waals surface area (Å²) in [4.78, 5) is 11.1. The third-order valence-corrected chi connectivity index (χ3v) is 3.83. The maximum Gasteiger partial charge on any atom is 0.332 e. The topological polar surface area (TPSA) is 72.5 Å². The van der Waals surface area contributed by atoms with Crippen LogP contribution in [0.3, 0.4) is 0 Å². The Morgan fingerprint density at radius 2 is 1.78 bits per heavy atom. The zero-order valence-corrected chi connectivity index (χ0v) is 13.8. The first kappa shape index (κ1) is 17.1. The number of anilines is 1. The molecule has 0 aliphatic heterocycles. The van der Waals surface area contributed by atoms with E-state index in [2.05, 4.69) is 5.32 Å². The van der Waals surface area contributed by atoms with Crippen molar-refractivity contribution in [2.45, 2.75) is 6.92 Å². The van der Waals surface area contributed by atoms with Gasteiger partial charge in [-0.05, 0) is 35.9 Å². The van der Waals surface area contributed by atoms with Crippen LogP contribution in [0.1, 0.15) is 12.5 Å². The van der Waals surface area contributed by atoms with Gasteiger partial charge in [-0.3, -0.25) is 4.79 Å². The van der Waals surface area contributed by atoms with Crippen molar-refractivity contribution in [1.29, 1.82) is 0 Å². The second kappa shape index (κ2) is 7.30. The van der Waals surface area contributed by atoms with Gasteiger partial charge in [-0.25, -0.2) is 0 Å². The van der Waals surface area contributed by atoms with Crippen molar-refractivity contribution in [2.24, 2.45) is 0 Å². The standard InChI is InChI=1S/C16H14ClNO4S/c1-12(19)18-15-4-2-3-5-16(15)22-23(20,21)11-10-13-6-8-14(17)9-7-13/h2-11H,1H3,(H,18,19)/b11-10+. The molecule has 0 aliphatic rings. The zero-order chi connectivity index (χ0) is 16.9. The molecule has 5 nitrogen and oxygen atoms in total. The minimum Gasteiger partial charge on any atom is -0.377 e. The van der Waals surface area contributed by atoms with E-state index in [0.717, 1.165) is 5.41 Å². The van der Waals surface area contributed by atoms with E-state index in [1.807, 2.05) is 0 Å². The quantitative estimate of drug-likeness (QED) is 0.834. The third kappa shape index (κ3) is 5.43. The van der Waals surface area contributed by atoms with E-state index in [1.54, 1.807) is 42.5 Å². The number of benzene rings is 2. The molecule has 0 aliphatic carbocycles. The van der Waals surface area contributed by atoms with Crippen molar-refractivity contribution in [1.82, 2.24) is 0 Å². The molecule has 0 saturated heterocycles. The Hall–Kier alpha value is -2.31. The van der Waals surface area contributed by atoms with Gasteiger partial charge in [0.25, 0.3) is 0 Å². The van der Waals surface area contributed by atoms with E-state index < -0.39 is 10.1 Å². The van der Waals surface area contributed by atoms with Crippen molar-refractivity contribution in [3.63, 3.8) is 0 Å². The Labute approximate surface area is 139 Å². The normalized spacial score (nSPS) is 11.4. The van der Waals surface area contributed by atoms with E-state index in [9.17, 15) is 13.2 Å². The number of para-hydroxylation sites is 2. The van der Waals surface area contributed by atoms with Crippen molar-refractivity contribution in [3.8, 4) is 5.75 Å². The molecule has 0 unspecified atom stereocenters. The van der Waals surface area contributed by atoms with E-state index in [-0.39, 0.29) is 17.3 Å². The molecule has 2 aromatic rings. The second-order valence-electron chi connectivity index (χ2n) is 4.61. The Kier molecular flexibility index (Phi) is 5.41. The van der Waals surface area contributed by atoms with Gasteiger partial charge in [0.15, 0.2) is 5.75 Å². The average Bonchev–Trinajstić information content (AvgIpc) is 2.48. The summed E-state index contributed by atoms with van der Waals surface area (Å²) in [5.41, 5.74) is 0.945. The second-order valence-corrected chi connectivity index (χ2v) is 6.47. The van der Waals surface area contributed by atoms with Gasteiger partial charge in [0, 0.05) is 11.9 Å². The molecule has 0 heterocycles. The molecule has 0 radical (unpaired) electrons. The fourth-order valence-electron chi connectivity index (χ4n) is 1.72. The molecule has 1 amide bonds. The van der Waals surface area contributed by atoms with Gasteiger partial charge in [0.1, 0.15) is 0 Å². The summed E-state index contributed by atoms with van der Waals surface area (Å²) < 4.78 is 29.1. The summed E-state index contributed by atoms with van der Waals surface area (Å²) in [6.07, 6.45) is 1.40. The Balaban J connectivity index is 2.18. The van der Waals surface area contributed by atoms with E-state index >= 15 is 0 Å². The molecule has 2 aromatic carbocycles. The monoisotopic (exact) mass is 351 g/mol. The maximum absolute atomic E-state index is 12.0. The molecular formula is C16H14ClNO4S. The van der Waals surface area contributed by atoms with Crippen LogP contribution < -0.4 is 9.50 Å². The van der Waals surface area contributed by atoms with Crippen molar-refractivity contribution < 1.29 is 17.4 Å². The molecule has 0 aromatic heterocycles. The number of nitrogens with one attached hydrogen (secondary N) is 1. The highest BCUT2D eigenvalue weighted by atomic mass is 35.5. The van der Waals surface area contributed by atoms with Crippen LogP contribution in [-0.2, 0) is 14.9 Å². The predicted octanol–water partition coefficient (Wildman–Crippen LogP) is 3.68. The summed E-state index contributed by atoms with van der Waals surface area (Å²) in [5.74, 6) is -0.279. The summed E-state index contributed by atoms with van der Waals surface area (Å²) in [5, 5.41) is 4.01. The molecule has 1 N–H and O–H groups in total.